The summed E-state index contributed by atoms with van der Waals surface area (Å²) in [5.74, 6) is 0.319. The molecule has 1 aliphatic heterocycles. The minimum absolute atomic E-state index is 0.218. The van der Waals surface area contributed by atoms with Crippen LogP contribution in [0.5, 0.6) is 0 Å². The average molecular weight is 259 g/mol. The van der Waals surface area contributed by atoms with Crippen LogP contribution in [0.1, 0.15) is 24.8 Å². The number of ether oxygens (including phenoxy) is 1. The molecule has 0 atom stereocenters. The molecular weight excluding hydrogens is 242 g/mol. The van der Waals surface area contributed by atoms with E-state index in [0.717, 1.165) is 18.4 Å². The van der Waals surface area contributed by atoms with Gasteiger partial charge in [-0.15, -0.1) is 0 Å². The van der Waals surface area contributed by atoms with Crippen LogP contribution in [0.4, 0.5) is 4.79 Å². The minimum Gasteiger partial charge on any atom is -0.445 e. The molecule has 1 aliphatic carbocycles. The van der Waals surface area contributed by atoms with Crippen molar-refractivity contribution in [2.75, 3.05) is 13.1 Å². The lowest BCUT2D eigenvalue weighted by Gasteiger charge is -2.31. The highest BCUT2D eigenvalue weighted by atomic mass is 16.6. The molecule has 4 nitrogen and oxygen atoms in total. The van der Waals surface area contributed by atoms with Crippen LogP contribution in [0.25, 0.3) is 0 Å². The number of ketones is 1. The second kappa shape index (κ2) is 4.68. The van der Waals surface area contributed by atoms with Gasteiger partial charge in [-0.3, -0.25) is 4.79 Å². The number of carbonyl (C=O) groups excluding carboxylic acids is 2. The molecule has 0 radical (unpaired) electrons. The highest BCUT2D eigenvalue weighted by Gasteiger charge is 2.53. The third-order valence-electron chi connectivity index (χ3n) is 4.01. The number of Topliss-reactive ketones (excluding diaryl/α,β-unsaturated/α-hetero) is 1. The quantitative estimate of drug-likeness (QED) is 0.819. The van der Waals surface area contributed by atoms with Crippen molar-refractivity contribution in [2.45, 2.75) is 25.9 Å². The molecule has 1 heterocycles. The van der Waals surface area contributed by atoms with E-state index in [0.29, 0.717) is 25.3 Å². The van der Waals surface area contributed by atoms with Crippen LogP contribution in [0, 0.1) is 5.41 Å². The molecule has 0 unspecified atom stereocenters. The first kappa shape index (κ1) is 12.2. The summed E-state index contributed by atoms with van der Waals surface area (Å²) in [5.41, 5.74) is 0.759. The number of hydrogen-bond donors (Lipinski definition) is 0. The zero-order chi connectivity index (χ0) is 13.3. The first-order valence-electron chi connectivity index (χ1n) is 6.69. The van der Waals surface area contributed by atoms with E-state index in [4.69, 9.17) is 4.74 Å². The Morgan fingerprint density at radius 2 is 2.00 bits per heavy atom. The molecule has 1 saturated carbocycles. The lowest BCUT2D eigenvalue weighted by Crippen LogP contribution is -2.45. The van der Waals surface area contributed by atoms with Crippen LogP contribution in [0.3, 0.4) is 0 Å². The summed E-state index contributed by atoms with van der Waals surface area (Å²) >= 11 is 0. The topological polar surface area (TPSA) is 46.6 Å². The van der Waals surface area contributed by atoms with Gasteiger partial charge in [0.2, 0.25) is 0 Å². The predicted molar refractivity (Wildman–Crippen MR) is 69.5 cm³/mol. The molecular formula is C15H17NO3. The maximum absolute atomic E-state index is 12.0. The third-order valence-corrected chi connectivity index (χ3v) is 4.01. The zero-order valence-electron chi connectivity index (χ0n) is 10.8. The monoisotopic (exact) mass is 259 g/mol. The summed E-state index contributed by atoms with van der Waals surface area (Å²) in [7, 11) is 0. The Labute approximate surface area is 112 Å². The molecule has 2 fully saturated rings. The molecule has 1 aromatic carbocycles. The van der Waals surface area contributed by atoms with Crippen molar-refractivity contribution in [3.8, 4) is 0 Å². The molecule has 1 spiro atoms. The Hall–Kier alpha value is -1.84. The van der Waals surface area contributed by atoms with Crippen LogP contribution >= 0.6 is 0 Å². The second-order valence-corrected chi connectivity index (χ2v) is 5.42. The Kier molecular flexibility index (Phi) is 3.01. The van der Waals surface area contributed by atoms with Crippen molar-refractivity contribution in [1.82, 2.24) is 4.90 Å². The van der Waals surface area contributed by atoms with E-state index in [1.807, 2.05) is 30.3 Å². The van der Waals surface area contributed by atoms with Gasteiger partial charge in [0.15, 0.2) is 0 Å². The summed E-state index contributed by atoms with van der Waals surface area (Å²) < 4.78 is 5.30. The van der Waals surface area contributed by atoms with Crippen molar-refractivity contribution >= 4 is 11.9 Å². The molecule has 1 saturated heterocycles. The van der Waals surface area contributed by atoms with Gasteiger partial charge in [-0.25, -0.2) is 4.79 Å². The molecule has 100 valence electrons. The van der Waals surface area contributed by atoms with Crippen molar-refractivity contribution in [3.63, 3.8) is 0 Å². The number of carbonyl (C=O) groups is 2. The second-order valence-electron chi connectivity index (χ2n) is 5.42. The Morgan fingerprint density at radius 1 is 1.26 bits per heavy atom. The van der Waals surface area contributed by atoms with Crippen molar-refractivity contribution < 1.29 is 14.3 Å². The van der Waals surface area contributed by atoms with E-state index in [2.05, 4.69) is 0 Å². The fourth-order valence-electron chi connectivity index (χ4n) is 2.59. The van der Waals surface area contributed by atoms with Crippen LogP contribution in [0.2, 0.25) is 0 Å². The van der Waals surface area contributed by atoms with Crippen LogP contribution in [0.15, 0.2) is 30.3 Å². The fraction of sp³-hybridized carbons (Fsp3) is 0.467. The maximum atomic E-state index is 12.0. The normalized spacial score (nSPS) is 20.4. The SMILES string of the molecule is O=C(OCc1ccccc1)N1CCC(=O)C2(CC2)C1. The van der Waals surface area contributed by atoms with Gasteiger partial charge in [0.25, 0.3) is 0 Å². The summed E-state index contributed by atoms with van der Waals surface area (Å²) in [4.78, 5) is 25.4. The first-order chi connectivity index (χ1) is 9.20. The van der Waals surface area contributed by atoms with E-state index in [1.54, 1.807) is 4.90 Å². The van der Waals surface area contributed by atoms with E-state index in [9.17, 15) is 9.59 Å². The van der Waals surface area contributed by atoms with Gasteiger partial charge in [0, 0.05) is 24.9 Å². The molecule has 2 aliphatic rings. The number of likely N-dealkylation sites (tertiary alicyclic amines) is 1. The summed E-state index contributed by atoms with van der Waals surface area (Å²) in [6, 6.07) is 9.62. The molecule has 0 bridgehead atoms. The van der Waals surface area contributed by atoms with Crippen LogP contribution in [-0.2, 0) is 16.1 Å². The highest BCUT2D eigenvalue weighted by molar-refractivity contribution is 5.89. The predicted octanol–water partition coefficient (Wildman–Crippen LogP) is 2.38. The van der Waals surface area contributed by atoms with Crippen molar-refractivity contribution in [1.29, 1.82) is 0 Å². The fourth-order valence-corrected chi connectivity index (χ4v) is 2.59. The van der Waals surface area contributed by atoms with Gasteiger partial charge in [-0.1, -0.05) is 30.3 Å². The Balaban J connectivity index is 1.55. The van der Waals surface area contributed by atoms with Crippen LogP contribution in [-0.4, -0.2) is 29.9 Å². The highest BCUT2D eigenvalue weighted by Crippen LogP contribution is 2.49. The van der Waals surface area contributed by atoms with E-state index in [1.165, 1.54) is 0 Å². The molecule has 3 rings (SSSR count). The number of piperidine rings is 1. The van der Waals surface area contributed by atoms with Gasteiger partial charge in [-0.05, 0) is 18.4 Å². The summed E-state index contributed by atoms with van der Waals surface area (Å²) in [6.45, 7) is 1.32. The minimum atomic E-state index is -0.303. The lowest BCUT2D eigenvalue weighted by atomic mass is 9.94. The van der Waals surface area contributed by atoms with Gasteiger partial charge in [-0.2, -0.15) is 0 Å². The number of hydrogen-bond acceptors (Lipinski definition) is 3. The van der Waals surface area contributed by atoms with Gasteiger partial charge >= 0.3 is 6.09 Å². The van der Waals surface area contributed by atoms with Crippen molar-refractivity contribution in [3.05, 3.63) is 35.9 Å². The lowest BCUT2D eigenvalue weighted by molar-refractivity contribution is -0.127. The average Bonchev–Trinajstić information content (AvgIpc) is 3.21. The molecule has 1 amide bonds. The first-order valence-corrected chi connectivity index (χ1v) is 6.69. The number of amides is 1. The van der Waals surface area contributed by atoms with E-state index in [-0.39, 0.29) is 18.1 Å². The maximum Gasteiger partial charge on any atom is 0.410 e. The Bertz CT molecular complexity index is 493. The summed E-state index contributed by atoms with van der Waals surface area (Å²) in [5, 5.41) is 0. The molecule has 0 aromatic heterocycles. The smallest absolute Gasteiger partial charge is 0.410 e. The van der Waals surface area contributed by atoms with Gasteiger partial charge in [0.05, 0.1) is 0 Å². The zero-order valence-corrected chi connectivity index (χ0v) is 10.8. The standard InChI is InChI=1S/C15H17NO3/c17-13-6-9-16(11-15(13)7-8-15)14(18)19-10-12-4-2-1-3-5-12/h1-5H,6-11H2. The third kappa shape index (κ3) is 2.48. The number of benzene rings is 1. The molecule has 4 heteroatoms. The van der Waals surface area contributed by atoms with E-state index >= 15 is 0 Å². The molecule has 1 aromatic rings. The van der Waals surface area contributed by atoms with Gasteiger partial charge < -0.3 is 9.64 Å². The summed E-state index contributed by atoms with van der Waals surface area (Å²) in [6.07, 6.45) is 2.02. The number of nitrogens with zero attached hydrogens (tertiary/aromatic N) is 1. The van der Waals surface area contributed by atoms with Crippen LogP contribution < -0.4 is 0 Å². The molecule has 0 N–H and O–H groups in total. The molecule has 19 heavy (non-hydrogen) atoms. The number of rotatable bonds is 2. The Morgan fingerprint density at radius 3 is 2.68 bits per heavy atom. The van der Waals surface area contributed by atoms with Crippen molar-refractivity contribution in [2.24, 2.45) is 5.41 Å². The van der Waals surface area contributed by atoms with Gasteiger partial charge in [0.1, 0.15) is 12.4 Å². The van der Waals surface area contributed by atoms with E-state index < -0.39 is 0 Å². The largest absolute Gasteiger partial charge is 0.445 e.